The summed E-state index contributed by atoms with van der Waals surface area (Å²) in [5.74, 6) is -0.533. The van der Waals surface area contributed by atoms with Crippen molar-refractivity contribution in [3.8, 4) is 5.75 Å². The zero-order valence-corrected chi connectivity index (χ0v) is 17.1. The first-order chi connectivity index (χ1) is 14.4. The number of ether oxygens (including phenoxy) is 1. The fourth-order valence-corrected chi connectivity index (χ4v) is 4.09. The summed E-state index contributed by atoms with van der Waals surface area (Å²) in [5.41, 5.74) is 2.35. The van der Waals surface area contributed by atoms with Crippen LogP contribution in [0.2, 0.25) is 0 Å². The number of anilines is 1. The van der Waals surface area contributed by atoms with Gasteiger partial charge in [0, 0.05) is 18.0 Å². The molecule has 0 atom stereocenters. The number of fused-ring (bicyclic) bond motifs is 1. The second-order valence-corrected chi connectivity index (χ2v) is 7.82. The van der Waals surface area contributed by atoms with Crippen molar-refractivity contribution in [2.75, 3.05) is 5.32 Å². The Morgan fingerprint density at radius 1 is 1.13 bits per heavy atom. The summed E-state index contributed by atoms with van der Waals surface area (Å²) in [4.78, 5) is 25.0. The summed E-state index contributed by atoms with van der Waals surface area (Å²) in [5, 5.41) is 8.08. The standard InChI is InChI=1S/C22H18FN3O3S/c1-13-19-11-20(22(28)29-18-9-7-17(8-10-18)24-14(2)27)30-21(19)26(25-13)12-15-3-5-16(23)6-4-15/h3-11H,12H2,1-2H3,(H,24,27). The summed E-state index contributed by atoms with van der Waals surface area (Å²) in [6, 6.07) is 14.6. The maximum Gasteiger partial charge on any atom is 0.353 e. The van der Waals surface area contributed by atoms with Gasteiger partial charge in [0.2, 0.25) is 5.91 Å². The number of aryl methyl sites for hydroxylation is 1. The van der Waals surface area contributed by atoms with Gasteiger partial charge in [0.05, 0.1) is 12.2 Å². The number of hydrogen-bond acceptors (Lipinski definition) is 5. The third-order valence-corrected chi connectivity index (χ3v) is 5.57. The molecular formula is C22H18FN3O3S. The van der Waals surface area contributed by atoms with E-state index in [2.05, 4.69) is 10.4 Å². The van der Waals surface area contributed by atoms with Gasteiger partial charge in [-0.25, -0.2) is 9.18 Å². The summed E-state index contributed by atoms with van der Waals surface area (Å²) in [6.45, 7) is 3.78. The topological polar surface area (TPSA) is 73.2 Å². The molecular weight excluding hydrogens is 405 g/mol. The summed E-state index contributed by atoms with van der Waals surface area (Å²) in [7, 11) is 0. The summed E-state index contributed by atoms with van der Waals surface area (Å²) >= 11 is 1.30. The fraction of sp³-hybridized carbons (Fsp3) is 0.136. The second kappa shape index (κ2) is 8.08. The number of esters is 1. The summed E-state index contributed by atoms with van der Waals surface area (Å²) < 4.78 is 20.4. The minimum atomic E-state index is -0.462. The van der Waals surface area contributed by atoms with Crippen LogP contribution in [0, 0.1) is 12.7 Å². The zero-order chi connectivity index (χ0) is 21.3. The first-order valence-corrected chi connectivity index (χ1v) is 10.0. The second-order valence-electron chi connectivity index (χ2n) is 6.79. The molecule has 0 aliphatic heterocycles. The molecule has 0 fully saturated rings. The van der Waals surface area contributed by atoms with Crippen LogP contribution in [0.1, 0.15) is 27.9 Å². The quantitative estimate of drug-likeness (QED) is 0.371. The molecule has 152 valence electrons. The average molecular weight is 423 g/mol. The number of halogens is 1. The van der Waals surface area contributed by atoms with E-state index in [4.69, 9.17) is 4.74 Å². The first kappa shape index (κ1) is 19.8. The highest BCUT2D eigenvalue weighted by Crippen LogP contribution is 2.30. The van der Waals surface area contributed by atoms with Gasteiger partial charge in [-0.15, -0.1) is 11.3 Å². The lowest BCUT2D eigenvalue weighted by molar-refractivity contribution is -0.114. The van der Waals surface area contributed by atoms with Gasteiger partial charge < -0.3 is 10.1 Å². The number of carbonyl (C=O) groups excluding carboxylic acids is 2. The lowest BCUT2D eigenvalue weighted by atomic mass is 10.2. The van der Waals surface area contributed by atoms with Crippen LogP contribution in [0.5, 0.6) is 5.75 Å². The van der Waals surface area contributed by atoms with Crippen molar-refractivity contribution < 1.29 is 18.7 Å². The van der Waals surface area contributed by atoms with Gasteiger partial charge in [0.25, 0.3) is 0 Å². The highest BCUT2D eigenvalue weighted by Gasteiger charge is 2.18. The van der Waals surface area contributed by atoms with Crippen molar-refractivity contribution in [3.63, 3.8) is 0 Å². The van der Waals surface area contributed by atoms with Crippen LogP contribution in [0.4, 0.5) is 10.1 Å². The molecule has 0 aliphatic carbocycles. The molecule has 30 heavy (non-hydrogen) atoms. The molecule has 6 nitrogen and oxygen atoms in total. The fourth-order valence-electron chi connectivity index (χ4n) is 3.05. The largest absolute Gasteiger partial charge is 0.422 e. The number of nitrogens with zero attached hydrogens (tertiary/aromatic N) is 2. The number of hydrogen-bond donors (Lipinski definition) is 1. The number of aromatic nitrogens is 2. The van der Waals surface area contributed by atoms with Crippen LogP contribution in [-0.2, 0) is 11.3 Å². The van der Waals surface area contributed by atoms with Crippen LogP contribution in [0.15, 0.2) is 54.6 Å². The molecule has 4 rings (SSSR count). The highest BCUT2D eigenvalue weighted by atomic mass is 32.1. The lowest BCUT2D eigenvalue weighted by Crippen LogP contribution is -2.08. The van der Waals surface area contributed by atoms with Gasteiger partial charge in [-0.1, -0.05) is 12.1 Å². The number of carbonyl (C=O) groups is 2. The van der Waals surface area contributed by atoms with Crippen molar-refractivity contribution in [2.45, 2.75) is 20.4 Å². The molecule has 8 heteroatoms. The van der Waals surface area contributed by atoms with Crippen molar-refractivity contribution in [1.29, 1.82) is 0 Å². The summed E-state index contributed by atoms with van der Waals surface area (Å²) in [6.07, 6.45) is 0. The van der Waals surface area contributed by atoms with E-state index in [1.807, 2.05) is 11.6 Å². The van der Waals surface area contributed by atoms with Crippen LogP contribution in [0.25, 0.3) is 10.2 Å². The van der Waals surface area contributed by atoms with Gasteiger partial charge in [0.1, 0.15) is 21.3 Å². The van der Waals surface area contributed by atoms with E-state index in [1.54, 1.807) is 42.5 Å². The Balaban J connectivity index is 1.53. The Kier molecular flexibility index (Phi) is 5.33. The molecule has 2 heterocycles. The van der Waals surface area contributed by atoms with Crippen LogP contribution in [0.3, 0.4) is 0 Å². The van der Waals surface area contributed by atoms with Gasteiger partial charge >= 0.3 is 5.97 Å². The van der Waals surface area contributed by atoms with Crippen molar-refractivity contribution in [2.24, 2.45) is 0 Å². The molecule has 0 aliphatic rings. The molecule has 1 N–H and O–H groups in total. The molecule has 0 saturated heterocycles. The number of benzene rings is 2. The molecule has 2 aromatic heterocycles. The first-order valence-electron chi connectivity index (χ1n) is 9.20. The molecule has 0 saturated carbocycles. The average Bonchev–Trinajstić information content (AvgIpc) is 3.26. The van der Waals surface area contributed by atoms with Gasteiger partial charge in [-0.3, -0.25) is 9.48 Å². The number of thiophene rings is 1. The molecule has 2 aromatic carbocycles. The molecule has 0 radical (unpaired) electrons. The third kappa shape index (κ3) is 4.23. The van der Waals surface area contributed by atoms with Gasteiger partial charge in [-0.05, 0) is 55.0 Å². The van der Waals surface area contributed by atoms with E-state index in [0.717, 1.165) is 21.5 Å². The van der Waals surface area contributed by atoms with E-state index >= 15 is 0 Å². The van der Waals surface area contributed by atoms with Crippen LogP contribution < -0.4 is 10.1 Å². The zero-order valence-electron chi connectivity index (χ0n) is 16.3. The molecule has 1 amide bonds. The Morgan fingerprint density at radius 3 is 2.50 bits per heavy atom. The number of amides is 1. The van der Waals surface area contributed by atoms with Crippen molar-refractivity contribution >= 4 is 39.1 Å². The van der Waals surface area contributed by atoms with E-state index < -0.39 is 5.97 Å². The highest BCUT2D eigenvalue weighted by molar-refractivity contribution is 7.20. The molecule has 0 spiro atoms. The van der Waals surface area contributed by atoms with Crippen LogP contribution in [-0.4, -0.2) is 21.7 Å². The monoisotopic (exact) mass is 423 g/mol. The predicted octanol–water partition coefficient (Wildman–Crippen LogP) is 4.77. The Morgan fingerprint density at radius 2 is 1.83 bits per heavy atom. The maximum absolute atomic E-state index is 13.1. The lowest BCUT2D eigenvalue weighted by Gasteiger charge is -2.05. The normalized spacial score (nSPS) is 10.9. The Hall–Kier alpha value is -3.52. The molecule has 0 bridgehead atoms. The van der Waals surface area contributed by atoms with Crippen LogP contribution >= 0.6 is 11.3 Å². The maximum atomic E-state index is 13.1. The number of nitrogens with one attached hydrogen (secondary N) is 1. The predicted molar refractivity (Wildman–Crippen MR) is 114 cm³/mol. The smallest absolute Gasteiger partial charge is 0.353 e. The van der Waals surface area contributed by atoms with Gasteiger partial charge in [0.15, 0.2) is 0 Å². The van der Waals surface area contributed by atoms with E-state index in [1.165, 1.54) is 30.4 Å². The molecule has 0 unspecified atom stereocenters. The Labute approximate surface area is 175 Å². The van der Waals surface area contributed by atoms with Gasteiger partial charge in [-0.2, -0.15) is 5.10 Å². The van der Waals surface area contributed by atoms with Crippen molar-refractivity contribution in [3.05, 3.63) is 76.5 Å². The van der Waals surface area contributed by atoms with Crippen molar-refractivity contribution in [1.82, 2.24) is 9.78 Å². The minimum Gasteiger partial charge on any atom is -0.422 e. The van der Waals surface area contributed by atoms with E-state index in [9.17, 15) is 14.0 Å². The molecule has 4 aromatic rings. The third-order valence-electron chi connectivity index (χ3n) is 4.44. The SMILES string of the molecule is CC(=O)Nc1ccc(OC(=O)c2cc3c(C)nn(Cc4ccc(F)cc4)c3s2)cc1. The van der Waals surface area contributed by atoms with E-state index in [0.29, 0.717) is 22.9 Å². The minimum absolute atomic E-state index is 0.171. The van der Waals surface area contributed by atoms with E-state index in [-0.39, 0.29) is 11.7 Å². The number of rotatable bonds is 5. The Bertz CT molecular complexity index is 1230.